The van der Waals surface area contributed by atoms with Gasteiger partial charge in [0.15, 0.2) is 0 Å². The Morgan fingerprint density at radius 2 is 2.05 bits per heavy atom. The molecule has 0 radical (unpaired) electrons. The van der Waals surface area contributed by atoms with Crippen LogP contribution in [0.5, 0.6) is 0 Å². The third kappa shape index (κ3) is 5.67. The number of aromatic nitrogens is 1. The van der Waals surface area contributed by atoms with E-state index in [9.17, 15) is 9.90 Å². The van der Waals surface area contributed by atoms with Gasteiger partial charge in [-0.25, -0.2) is 4.98 Å². The number of nitrogens with zero attached hydrogens (tertiary/aromatic N) is 1. The molecule has 0 aliphatic heterocycles. The molecule has 1 amide bonds. The molecule has 1 atom stereocenters. The predicted molar refractivity (Wildman–Crippen MR) is 89.0 cm³/mol. The first-order valence-corrected chi connectivity index (χ1v) is 8.25. The Balaban J connectivity index is 1.68. The van der Waals surface area contributed by atoms with Gasteiger partial charge in [0, 0.05) is 29.9 Å². The molecule has 2 N–H and O–H groups in total. The normalized spacial score (nSPS) is 11.9. The summed E-state index contributed by atoms with van der Waals surface area (Å²) < 4.78 is 0. The van der Waals surface area contributed by atoms with E-state index in [4.69, 9.17) is 11.6 Å². The van der Waals surface area contributed by atoms with Crippen LogP contribution >= 0.6 is 23.4 Å². The molecule has 6 heteroatoms. The fourth-order valence-corrected chi connectivity index (χ4v) is 2.72. The standard InChI is InChI=1S/C16H17ClN2O2S/c17-13-6-4-12(5-7-13)14(20)11-19-15(21)8-10-22-16-3-1-2-9-18-16/h1-7,9,14,20H,8,10-11H2,(H,19,21)/t14-/m1/s1. The third-order valence-electron chi connectivity index (χ3n) is 2.96. The van der Waals surface area contributed by atoms with Gasteiger partial charge in [0.05, 0.1) is 11.1 Å². The summed E-state index contributed by atoms with van der Waals surface area (Å²) in [5.74, 6) is 0.566. The first kappa shape index (κ1) is 16.8. The molecule has 22 heavy (non-hydrogen) atoms. The Labute approximate surface area is 138 Å². The Kier molecular flexibility index (Phi) is 6.71. The van der Waals surface area contributed by atoms with E-state index in [-0.39, 0.29) is 12.5 Å². The Morgan fingerprint density at radius 1 is 1.27 bits per heavy atom. The van der Waals surface area contributed by atoms with Crippen molar-refractivity contribution in [2.75, 3.05) is 12.3 Å². The minimum atomic E-state index is -0.732. The maximum Gasteiger partial charge on any atom is 0.220 e. The second-order valence-corrected chi connectivity index (χ2v) is 6.19. The van der Waals surface area contributed by atoms with Crippen LogP contribution < -0.4 is 5.32 Å². The van der Waals surface area contributed by atoms with Crippen LogP contribution in [-0.4, -0.2) is 28.3 Å². The summed E-state index contributed by atoms with van der Waals surface area (Å²) >= 11 is 7.32. The zero-order valence-electron chi connectivity index (χ0n) is 11.9. The van der Waals surface area contributed by atoms with Gasteiger partial charge in [-0.15, -0.1) is 11.8 Å². The van der Waals surface area contributed by atoms with Crippen molar-refractivity contribution in [1.82, 2.24) is 10.3 Å². The van der Waals surface area contributed by atoms with Crippen molar-refractivity contribution in [3.63, 3.8) is 0 Å². The van der Waals surface area contributed by atoms with Gasteiger partial charge in [-0.2, -0.15) is 0 Å². The summed E-state index contributed by atoms with van der Waals surface area (Å²) in [4.78, 5) is 15.9. The number of aliphatic hydroxyl groups excluding tert-OH is 1. The lowest BCUT2D eigenvalue weighted by atomic mass is 10.1. The topological polar surface area (TPSA) is 62.2 Å². The van der Waals surface area contributed by atoms with Crippen molar-refractivity contribution in [2.24, 2.45) is 0 Å². The van der Waals surface area contributed by atoms with Crippen LogP contribution in [0.2, 0.25) is 5.02 Å². The smallest absolute Gasteiger partial charge is 0.220 e. The van der Waals surface area contributed by atoms with Crippen molar-refractivity contribution < 1.29 is 9.90 Å². The van der Waals surface area contributed by atoms with E-state index in [0.29, 0.717) is 17.2 Å². The third-order valence-corrected chi connectivity index (χ3v) is 4.16. The maximum atomic E-state index is 11.7. The van der Waals surface area contributed by atoms with E-state index in [2.05, 4.69) is 10.3 Å². The maximum absolute atomic E-state index is 11.7. The van der Waals surface area contributed by atoms with Crippen molar-refractivity contribution in [2.45, 2.75) is 17.6 Å². The van der Waals surface area contributed by atoms with Gasteiger partial charge in [0.25, 0.3) is 0 Å². The van der Waals surface area contributed by atoms with E-state index in [1.807, 2.05) is 18.2 Å². The van der Waals surface area contributed by atoms with Gasteiger partial charge in [-0.3, -0.25) is 4.79 Å². The Morgan fingerprint density at radius 3 is 2.73 bits per heavy atom. The lowest BCUT2D eigenvalue weighted by molar-refractivity contribution is -0.121. The average molecular weight is 337 g/mol. The van der Waals surface area contributed by atoms with E-state index >= 15 is 0 Å². The molecule has 0 aliphatic carbocycles. The molecule has 0 unspecified atom stereocenters. The summed E-state index contributed by atoms with van der Waals surface area (Å²) in [5.41, 5.74) is 0.729. The highest BCUT2D eigenvalue weighted by molar-refractivity contribution is 7.99. The number of pyridine rings is 1. The molecule has 0 saturated heterocycles. The largest absolute Gasteiger partial charge is 0.387 e. The molecule has 0 spiro atoms. The van der Waals surface area contributed by atoms with Gasteiger partial charge in [-0.1, -0.05) is 29.8 Å². The fraction of sp³-hybridized carbons (Fsp3) is 0.250. The molecule has 1 heterocycles. The summed E-state index contributed by atoms with van der Waals surface area (Å²) in [6, 6.07) is 12.6. The number of aliphatic hydroxyl groups is 1. The number of nitrogens with one attached hydrogen (secondary N) is 1. The summed E-state index contributed by atoms with van der Waals surface area (Å²) in [6.45, 7) is 0.189. The molecular weight excluding hydrogens is 320 g/mol. The number of amides is 1. The molecule has 2 rings (SSSR count). The molecule has 0 bridgehead atoms. The van der Waals surface area contributed by atoms with E-state index in [0.717, 1.165) is 10.6 Å². The summed E-state index contributed by atoms with van der Waals surface area (Å²) in [5, 5.41) is 14.2. The summed E-state index contributed by atoms with van der Waals surface area (Å²) in [6.07, 6.45) is 1.38. The van der Waals surface area contributed by atoms with Gasteiger partial charge in [0.2, 0.25) is 5.91 Å². The van der Waals surface area contributed by atoms with Crippen LogP contribution in [0, 0.1) is 0 Å². The zero-order valence-corrected chi connectivity index (χ0v) is 13.5. The van der Waals surface area contributed by atoms with Crippen molar-refractivity contribution in [3.8, 4) is 0 Å². The van der Waals surface area contributed by atoms with Crippen LogP contribution in [0.25, 0.3) is 0 Å². The Hall–Kier alpha value is -1.56. The lowest BCUT2D eigenvalue weighted by Gasteiger charge is -2.12. The molecule has 0 fully saturated rings. The van der Waals surface area contributed by atoms with Gasteiger partial charge in [-0.05, 0) is 29.8 Å². The highest BCUT2D eigenvalue weighted by atomic mass is 35.5. The molecule has 1 aromatic carbocycles. The molecule has 116 valence electrons. The second-order valence-electron chi connectivity index (χ2n) is 4.64. The van der Waals surface area contributed by atoms with Crippen molar-refractivity contribution in [3.05, 3.63) is 59.2 Å². The number of carbonyl (C=O) groups is 1. The SMILES string of the molecule is O=C(CCSc1ccccn1)NC[C@@H](O)c1ccc(Cl)cc1. The quantitative estimate of drug-likeness (QED) is 0.763. The molecule has 4 nitrogen and oxygen atoms in total. The number of rotatable bonds is 7. The van der Waals surface area contributed by atoms with Crippen LogP contribution in [-0.2, 0) is 4.79 Å². The highest BCUT2D eigenvalue weighted by Gasteiger charge is 2.09. The van der Waals surface area contributed by atoms with Gasteiger partial charge >= 0.3 is 0 Å². The van der Waals surface area contributed by atoms with Gasteiger partial charge < -0.3 is 10.4 Å². The number of hydrogen-bond donors (Lipinski definition) is 2. The highest BCUT2D eigenvalue weighted by Crippen LogP contribution is 2.16. The Bertz CT molecular complexity index is 593. The van der Waals surface area contributed by atoms with Crippen molar-refractivity contribution in [1.29, 1.82) is 0 Å². The van der Waals surface area contributed by atoms with Crippen molar-refractivity contribution >= 4 is 29.3 Å². The van der Waals surface area contributed by atoms with Crippen LogP contribution in [0.4, 0.5) is 0 Å². The molecule has 0 aliphatic rings. The fourth-order valence-electron chi connectivity index (χ4n) is 1.78. The minimum absolute atomic E-state index is 0.0866. The first-order valence-electron chi connectivity index (χ1n) is 6.89. The number of thioether (sulfide) groups is 1. The van der Waals surface area contributed by atoms with E-state index < -0.39 is 6.10 Å². The van der Waals surface area contributed by atoms with E-state index in [1.165, 1.54) is 11.8 Å². The summed E-state index contributed by atoms with van der Waals surface area (Å²) in [7, 11) is 0. The minimum Gasteiger partial charge on any atom is -0.387 e. The average Bonchev–Trinajstić information content (AvgIpc) is 2.54. The number of benzene rings is 1. The monoisotopic (exact) mass is 336 g/mol. The number of hydrogen-bond acceptors (Lipinski definition) is 4. The zero-order chi connectivity index (χ0) is 15.8. The molecule has 1 aromatic heterocycles. The molecule has 2 aromatic rings. The molecular formula is C16H17ClN2O2S. The van der Waals surface area contributed by atoms with Gasteiger partial charge in [0.1, 0.15) is 0 Å². The number of halogens is 1. The lowest BCUT2D eigenvalue weighted by Crippen LogP contribution is -2.28. The predicted octanol–water partition coefficient (Wildman–Crippen LogP) is 3.07. The number of carbonyl (C=O) groups excluding carboxylic acids is 1. The van der Waals surface area contributed by atoms with Crippen LogP contribution in [0.1, 0.15) is 18.1 Å². The second kappa shape index (κ2) is 8.78. The molecule has 0 saturated carbocycles. The first-order chi connectivity index (χ1) is 10.6. The van der Waals surface area contributed by atoms with E-state index in [1.54, 1.807) is 30.5 Å². The van der Waals surface area contributed by atoms with Crippen LogP contribution in [0.15, 0.2) is 53.7 Å². The van der Waals surface area contributed by atoms with Crippen LogP contribution in [0.3, 0.4) is 0 Å².